The maximum atomic E-state index is 12.1. The molecule has 1 aromatic rings. The molecule has 2 fully saturated rings. The van der Waals surface area contributed by atoms with E-state index in [1.807, 2.05) is 0 Å². The minimum Gasteiger partial charge on any atom is -0.347 e. The number of rotatable bonds is 2. The molecule has 0 saturated carbocycles. The number of pyridine rings is 1. The van der Waals surface area contributed by atoms with Crippen molar-refractivity contribution in [2.24, 2.45) is 0 Å². The molecule has 2 saturated heterocycles. The van der Waals surface area contributed by atoms with Crippen molar-refractivity contribution in [2.75, 3.05) is 6.54 Å². The van der Waals surface area contributed by atoms with Gasteiger partial charge in [-0.3, -0.25) is 19.4 Å². The van der Waals surface area contributed by atoms with E-state index in [2.05, 4.69) is 15.6 Å². The molecule has 110 valence electrons. The zero-order chi connectivity index (χ0) is 15.0. The topological polar surface area (TPSA) is 91.4 Å². The number of carbonyl (C=O) groups excluding carboxylic acids is 3. The third-order valence-corrected chi connectivity index (χ3v) is 3.87. The molecular formula is C14H16N4O3. The molecule has 21 heavy (non-hydrogen) atoms. The second kappa shape index (κ2) is 5.16. The molecule has 0 aromatic carbocycles. The minimum absolute atomic E-state index is 0.0993. The van der Waals surface area contributed by atoms with Gasteiger partial charge < -0.3 is 15.5 Å². The van der Waals surface area contributed by atoms with Gasteiger partial charge in [0.1, 0.15) is 12.1 Å². The molecule has 2 aliphatic heterocycles. The van der Waals surface area contributed by atoms with Gasteiger partial charge in [0.05, 0.1) is 5.56 Å². The molecule has 7 nitrogen and oxygen atoms in total. The van der Waals surface area contributed by atoms with E-state index in [1.54, 1.807) is 30.2 Å². The summed E-state index contributed by atoms with van der Waals surface area (Å²) in [7, 11) is 0. The summed E-state index contributed by atoms with van der Waals surface area (Å²) in [6.07, 6.45) is 3.52. The minimum atomic E-state index is -0.499. The summed E-state index contributed by atoms with van der Waals surface area (Å²) in [6, 6.07) is 2.16. The summed E-state index contributed by atoms with van der Waals surface area (Å²) >= 11 is 0. The van der Waals surface area contributed by atoms with Crippen LogP contribution in [0.5, 0.6) is 0 Å². The zero-order valence-electron chi connectivity index (χ0n) is 11.6. The molecule has 3 rings (SSSR count). The van der Waals surface area contributed by atoms with E-state index < -0.39 is 12.1 Å². The molecule has 0 spiro atoms. The molecule has 3 heterocycles. The molecule has 2 N–H and O–H groups in total. The number of nitrogens with zero attached hydrogens (tertiary/aromatic N) is 2. The molecule has 0 bridgehead atoms. The average Bonchev–Trinajstić information content (AvgIpc) is 2.90. The van der Waals surface area contributed by atoms with Crippen molar-refractivity contribution in [3.05, 3.63) is 30.1 Å². The lowest BCUT2D eigenvalue weighted by Crippen LogP contribution is -2.60. The van der Waals surface area contributed by atoms with Crippen molar-refractivity contribution < 1.29 is 14.4 Å². The monoisotopic (exact) mass is 288 g/mol. The Labute approximate surface area is 121 Å². The van der Waals surface area contributed by atoms with Gasteiger partial charge in [-0.25, -0.2) is 0 Å². The lowest BCUT2D eigenvalue weighted by Gasteiger charge is -2.32. The number of hydrogen-bond donors (Lipinski definition) is 2. The van der Waals surface area contributed by atoms with E-state index in [9.17, 15) is 14.4 Å². The first-order chi connectivity index (χ1) is 10.1. The van der Waals surface area contributed by atoms with Crippen molar-refractivity contribution in [1.82, 2.24) is 20.5 Å². The fourth-order valence-electron chi connectivity index (χ4n) is 2.82. The van der Waals surface area contributed by atoms with Crippen LogP contribution >= 0.6 is 0 Å². The molecule has 3 atom stereocenters. The van der Waals surface area contributed by atoms with E-state index >= 15 is 0 Å². The molecule has 7 heteroatoms. The van der Waals surface area contributed by atoms with Crippen LogP contribution in [0.3, 0.4) is 0 Å². The van der Waals surface area contributed by atoms with Gasteiger partial charge in [0.15, 0.2) is 0 Å². The Bertz CT molecular complexity index is 589. The van der Waals surface area contributed by atoms with Gasteiger partial charge in [-0.15, -0.1) is 0 Å². The van der Waals surface area contributed by atoms with Gasteiger partial charge in [-0.1, -0.05) is 0 Å². The summed E-state index contributed by atoms with van der Waals surface area (Å²) in [5.41, 5.74) is 0.464. The summed E-state index contributed by atoms with van der Waals surface area (Å²) in [4.78, 5) is 41.5. The Kier molecular flexibility index (Phi) is 3.32. The van der Waals surface area contributed by atoms with E-state index in [1.165, 1.54) is 6.20 Å². The van der Waals surface area contributed by atoms with Crippen molar-refractivity contribution in [1.29, 1.82) is 0 Å². The molecule has 3 amide bonds. The van der Waals surface area contributed by atoms with Gasteiger partial charge >= 0.3 is 0 Å². The Balaban J connectivity index is 1.68. The highest BCUT2D eigenvalue weighted by Crippen LogP contribution is 2.22. The van der Waals surface area contributed by atoms with Crippen molar-refractivity contribution in [3.63, 3.8) is 0 Å². The third-order valence-electron chi connectivity index (χ3n) is 3.87. The van der Waals surface area contributed by atoms with Crippen LogP contribution in [0.25, 0.3) is 0 Å². The number of fused-ring (bicyclic) bond motifs is 1. The number of hydrogen-bond acceptors (Lipinski definition) is 4. The maximum Gasteiger partial charge on any atom is 0.253 e. The van der Waals surface area contributed by atoms with Crippen LogP contribution in [-0.4, -0.2) is 52.3 Å². The van der Waals surface area contributed by atoms with Crippen molar-refractivity contribution in [3.8, 4) is 0 Å². The standard InChI is InChI=1S/C14H16N4O3/c1-8-14(21)18-7-10(5-11(18)13(20)16-8)17-12(19)9-3-2-4-15-6-9/h2-4,6,8,10-11H,5,7H2,1H3,(H,16,20)(H,17,19)/t8-,10+,11+/m1/s1. The average molecular weight is 288 g/mol. The van der Waals surface area contributed by atoms with Crippen molar-refractivity contribution >= 4 is 17.7 Å². The van der Waals surface area contributed by atoms with Crippen LogP contribution in [0, 0.1) is 0 Å². The maximum absolute atomic E-state index is 12.1. The molecule has 0 aliphatic carbocycles. The Morgan fingerprint density at radius 3 is 3.00 bits per heavy atom. The van der Waals surface area contributed by atoms with E-state index in [0.717, 1.165) is 0 Å². The Hall–Kier alpha value is -2.44. The lowest BCUT2D eigenvalue weighted by molar-refractivity contribution is -0.146. The zero-order valence-corrected chi connectivity index (χ0v) is 11.6. The first-order valence-corrected chi connectivity index (χ1v) is 6.88. The van der Waals surface area contributed by atoms with Crippen LogP contribution in [0.2, 0.25) is 0 Å². The Morgan fingerprint density at radius 1 is 1.48 bits per heavy atom. The summed E-state index contributed by atoms with van der Waals surface area (Å²) < 4.78 is 0. The second-order valence-corrected chi connectivity index (χ2v) is 5.38. The number of amides is 3. The van der Waals surface area contributed by atoms with E-state index in [4.69, 9.17) is 0 Å². The predicted molar refractivity (Wildman–Crippen MR) is 73.2 cm³/mol. The number of piperazine rings is 1. The second-order valence-electron chi connectivity index (χ2n) is 5.38. The van der Waals surface area contributed by atoms with Gasteiger partial charge in [0.2, 0.25) is 11.8 Å². The number of nitrogens with one attached hydrogen (secondary N) is 2. The highest BCUT2D eigenvalue weighted by molar-refractivity contribution is 5.98. The molecule has 0 radical (unpaired) electrons. The van der Waals surface area contributed by atoms with Crippen LogP contribution in [0.1, 0.15) is 23.7 Å². The molecule has 1 aromatic heterocycles. The van der Waals surface area contributed by atoms with E-state index in [-0.39, 0.29) is 23.8 Å². The highest BCUT2D eigenvalue weighted by atomic mass is 16.2. The van der Waals surface area contributed by atoms with Crippen LogP contribution in [-0.2, 0) is 9.59 Å². The SMILES string of the molecule is C[C@H]1NC(=O)[C@@H]2C[C@H](NC(=O)c3cccnc3)CN2C1=O. The lowest BCUT2D eigenvalue weighted by atomic mass is 10.1. The summed E-state index contributed by atoms with van der Waals surface area (Å²) in [6.45, 7) is 2.03. The quantitative estimate of drug-likeness (QED) is 0.753. The fraction of sp³-hybridized carbons (Fsp3) is 0.429. The van der Waals surface area contributed by atoms with Gasteiger partial charge in [0.25, 0.3) is 5.91 Å². The third kappa shape index (κ3) is 2.46. The largest absolute Gasteiger partial charge is 0.347 e. The first-order valence-electron chi connectivity index (χ1n) is 6.88. The fourth-order valence-corrected chi connectivity index (χ4v) is 2.82. The smallest absolute Gasteiger partial charge is 0.253 e. The predicted octanol–water partition coefficient (Wildman–Crippen LogP) is -0.701. The number of carbonyl (C=O) groups is 3. The van der Waals surface area contributed by atoms with Crippen LogP contribution in [0.4, 0.5) is 0 Å². The molecular weight excluding hydrogens is 272 g/mol. The first kappa shape index (κ1) is 13.5. The van der Waals surface area contributed by atoms with Crippen LogP contribution in [0.15, 0.2) is 24.5 Å². The Morgan fingerprint density at radius 2 is 2.29 bits per heavy atom. The molecule has 2 aliphatic rings. The van der Waals surface area contributed by atoms with Gasteiger partial charge in [-0.2, -0.15) is 0 Å². The van der Waals surface area contributed by atoms with Crippen molar-refractivity contribution in [2.45, 2.75) is 31.5 Å². The normalized spacial score (nSPS) is 28.0. The summed E-state index contributed by atoms with van der Waals surface area (Å²) in [5, 5.41) is 5.51. The summed E-state index contributed by atoms with van der Waals surface area (Å²) in [5.74, 6) is -0.494. The van der Waals surface area contributed by atoms with E-state index in [0.29, 0.717) is 18.5 Å². The van der Waals surface area contributed by atoms with Crippen LogP contribution < -0.4 is 10.6 Å². The number of aromatic nitrogens is 1. The highest BCUT2D eigenvalue weighted by Gasteiger charge is 2.45. The molecule has 0 unspecified atom stereocenters. The van der Waals surface area contributed by atoms with Gasteiger partial charge in [0, 0.05) is 25.0 Å². The van der Waals surface area contributed by atoms with Gasteiger partial charge in [-0.05, 0) is 25.5 Å².